The number of amides is 1. The minimum Gasteiger partial charge on any atom is -0.267 e. The Morgan fingerprint density at radius 3 is 2.54 bits per heavy atom. The topological polar surface area (TPSA) is 29.4 Å². The molecule has 0 fully saturated rings. The van der Waals surface area contributed by atoms with Crippen molar-refractivity contribution < 1.29 is 4.79 Å². The predicted molar refractivity (Wildman–Crippen MR) is 57.5 cm³/mol. The molecule has 1 amide bonds. The van der Waals surface area contributed by atoms with Crippen LogP contribution in [0.3, 0.4) is 0 Å². The van der Waals surface area contributed by atoms with Crippen LogP contribution in [-0.2, 0) is 6.42 Å². The molecule has 1 heterocycles. The summed E-state index contributed by atoms with van der Waals surface area (Å²) in [6.07, 6.45) is 2.44. The molecule has 2 nitrogen and oxygen atoms in total. The van der Waals surface area contributed by atoms with Gasteiger partial charge in [0.1, 0.15) is 0 Å². The van der Waals surface area contributed by atoms with Crippen LogP contribution < -0.4 is 0 Å². The largest absolute Gasteiger partial charge is 0.276 e. The van der Waals surface area contributed by atoms with Crippen LogP contribution in [0.4, 0.5) is 0 Å². The van der Waals surface area contributed by atoms with Gasteiger partial charge in [0.15, 0.2) is 0 Å². The van der Waals surface area contributed by atoms with E-state index in [2.05, 4.69) is 4.99 Å². The summed E-state index contributed by atoms with van der Waals surface area (Å²) in [5.74, 6) is -0.119. The predicted octanol–water partition coefficient (Wildman–Crippen LogP) is 2.30. The van der Waals surface area contributed by atoms with Crippen LogP contribution in [0.1, 0.15) is 15.9 Å². The number of aliphatic imine (C=N–C) groups is 1. The summed E-state index contributed by atoms with van der Waals surface area (Å²) >= 11 is 0. The summed E-state index contributed by atoms with van der Waals surface area (Å²) in [6.45, 7) is 0. The first-order chi connectivity index (χ1) is 5.38. The lowest BCUT2D eigenvalue weighted by molar-refractivity contribution is 0.100. The quantitative estimate of drug-likeness (QED) is 0.656. The minimum atomic E-state index is -0.119. The number of hydrogen-bond donors (Lipinski definition) is 0. The number of hydrogen-bond acceptors (Lipinski definition) is 1. The van der Waals surface area contributed by atoms with Crippen molar-refractivity contribution in [2.45, 2.75) is 6.42 Å². The van der Waals surface area contributed by atoms with Gasteiger partial charge >= 0.3 is 0 Å². The molecule has 4 heteroatoms. The molecule has 0 saturated carbocycles. The fraction of sp³-hybridized carbons (Fsp3) is 0.111. The summed E-state index contributed by atoms with van der Waals surface area (Å²) in [7, 11) is 0. The second-order valence-corrected chi connectivity index (χ2v) is 2.48. The number of rotatable bonds is 0. The molecular weight excluding hydrogens is 209 g/mol. The molecule has 13 heavy (non-hydrogen) atoms. The Bertz CT molecular complexity index is 336. The standard InChI is InChI=1S/C9H7NO.2ClH/c11-9-8-4-2-1-3-7(8)5-6-10-9;;/h1-4,6H,5H2;2*1H. The van der Waals surface area contributed by atoms with Gasteiger partial charge < -0.3 is 0 Å². The van der Waals surface area contributed by atoms with Crippen molar-refractivity contribution in [1.29, 1.82) is 0 Å². The molecule has 0 unspecified atom stereocenters. The molecule has 0 atom stereocenters. The Morgan fingerprint density at radius 2 is 1.85 bits per heavy atom. The van der Waals surface area contributed by atoms with Crippen molar-refractivity contribution in [1.82, 2.24) is 0 Å². The lowest BCUT2D eigenvalue weighted by atomic mass is 10.0. The fourth-order valence-electron chi connectivity index (χ4n) is 1.20. The Kier molecular flexibility index (Phi) is 4.67. The first-order valence-corrected chi connectivity index (χ1v) is 3.53. The van der Waals surface area contributed by atoms with Gasteiger partial charge in [0, 0.05) is 18.2 Å². The van der Waals surface area contributed by atoms with Gasteiger partial charge in [0.25, 0.3) is 5.91 Å². The summed E-state index contributed by atoms with van der Waals surface area (Å²) in [5, 5.41) is 0. The van der Waals surface area contributed by atoms with Crippen molar-refractivity contribution >= 4 is 36.9 Å². The smallest absolute Gasteiger partial charge is 0.267 e. The van der Waals surface area contributed by atoms with Gasteiger partial charge in [0.2, 0.25) is 0 Å². The number of carbonyl (C=O) groups excluding carboxylic acids is 1. The summed E-state index contributed by atoms with van der Waals surface area (Å²) in [5.41, 5.74) is 1.82. The Balaban J connectivity index is 0.000000720. The van der Waals surface area contributed by atoms with Crippen molar-refractivity contribution in [2.24, 2.45) is 4.99 Å². The zero-order chi connectivity index (χ0) is 7.68. The molecule has 0 saturated heterocycles. The summed E-state index contributed by atoms with van der Waals surface area (Å²) in [4.78, 5) is 14.8. The second-order valence-electron chi connectivity index (χ2n) is 2.48. The molecule has 0 aliphatic carbocycles. The number of carbonyl (C=O) groups is 1. The van der Waals surface area contributed by atoms with E-state index in [4.69, 9.17) is 0 Å². The fourth-order valence-corrected chi connectivity index (χ4v) is 1.20. The van der Waals surface area contributed by atoms with E-state index in [1.165, 1.54) is 0 Å². The van der Waals surface area contributed by atoms with Gasteiger partial charge in [-0.05, 0) is 11.6 Å². The second kappa shape index (κ2) is 5.00. The lowest BCUT2D eigenvalue weighted by Gasteiger charge is -2.06. The monoisotopic (exact) mass is 217 g/mol. The van der Waals surface area contributed by atoms with Crippen molar-refractivity contribution in [3.05, 3.63) is 35.4 Å². The highest BCUT2D eigenvalue weighted by molar-refractivity contribution is 6.03. The number of halogens is 2. The zero-order valence-corrected chi connectivity index (χ0v) is 8.40. The molecule has 0 N–H and O–H groups in total. The van der Waals surface area contributed by atoms with Gasteiger partial charge in [0.05, 0.1) is 0 Å². The van der Waals surface area contributed by atoms with Crippen LogP contribution in [0.5, 0.6) is 0 Å². The Morgan fingerprint density at radius 1 is 1.15 bits per heavy atom. The molecule has 1 aliphatic rings. The highest BCUT2D eigenvalue weighted by atomic mass is 35.5. The third-order valence-corrected chi connectivity index (χ3v) is 1.77. The number of benzene rings is 1. The number of fused-ring (bicyclic) bond motifs is 1. The minimum absolute atomic E-state index is 0. The molecular formula is C9H9Cl2NO. The van der Waals surface area contributed by atoms with Crippen LogP contribution in [0, 0.1) is 0 Å². The van der Waals surface area contributed by atoms with Gasteiger partial charge in [-0.3, -0.25) is 4.79 Å². The molecule has 0 bridgehead atoms. The first-order valence-electron chi connectivity index (χ1n) is 3.53. The highest BCUT2D eigenvalue weighted by Gasteiger charge is 2.11. The van der Waals surface area contributed by atoms with E-state index < -0.39 is 0 Å². The van der Waals surface area contributed by atoms with Crippen molar-refractivity contribution in [3.8, 4) is 0 Å². The van der Waals surface area contributed by atoms with Crippen LogP contribution in [0.25, 0.3) is 0 Å². The van der Waals surface area contributed by atoms with Crippen molar-refractivity contribution in [2.75, 3.05) is 0 Å². The van der Waals surface area contributed by atoms with Gasteiger partial charge in [-0.25, -0.2) is 4.99 Å². The summed E-state index contributed by atoms with van der Waals surface area (Å²) in [6, 6.07) is 7.56. The van der Waals surface area contributed by atoms with E-state index in [-0.39, 0.29) is 30.7 Å². The van der Waals surface area contributed by atoms with E-state index in [0.29, 0.717) is 0 Å². The summed E-state index contributed by atoms with van der Waals surface area (Å²) < 4.78 is 0. The van der Waals surface area contributed by atoms with Crippen LogP contribution in [0.2, 0.25) is 0 Å². The molecule has 0 aromatic heterocycles. The molecule has 1 aliphatic heterocycles. The average Bonchev–Trinajstić information content (AvgIpc) is 2.06. The van der Waals surface area contributed by atoms with Gasteiger partial charge in [-0.1, -0.05) is 18.2 Å². The molecule has 70 valence electrons. The Labute approximate surface area is 88.9 Å². The van der Waals surface area contributed by atoms with E-state index in [1.807, 2.05) is 24.3 Å². The third-order valence-electron chi connectivity index (χ3n) is 1.77. The zero-order valence-electron chi connectivity index (χ0n) is 6.77. The maximum absolute atomic E-state index is 11.1. The molecule has 1 aromatic carbocycles. The van der Waals surface area contributed by atoms with E-state index in [9.17, 15) is 4.79 Å². The van der Waals surface area contributed by atoms with Gasteiger partial charge in [-0.15, -0.1) is 24.8 Å². The molecule has 1 aromatic rings. The maximum Gasteiger partial charge on any atom is 0.276 e. The van der Waals surface area contributed by atoms with E-state index in [1.54, 1.807) is 6.21 Å². The maximum atomic E-state index is 11.1. The first kappa shape index (κ1) is 12.1. The average molecular weight is 218 g/mol. The normalized spacial score (nSPS) is 12.5. The highest BCUT2D eigenvalue weighted by Crippen LogP contribution is 2.13. The third kappa shape index (κ3) is 2.29. The molecule has 0 spiro atoms. The molecule has 2 rings (SSSR count). The Hall–Kier alpha value is -0.860. The van der Waals surface area contributed by atoms with Crippen molar-refractivity contribution in [3.63, 3.8) is 0 Å². The van der Waals surface area contributed by atoms with Crippen LogP contribution >= 0.6 is 24.8 Å². The molecule has 0 radical (unpaired) electrons. The van der Waals surface area contributed by atoms with E-state index >= 15 is 0 Å². The lowest BCUT2D eigenvalue weighted by Crippen LogP contribution is -2.07. The SMILES string of the molecule is Cl.Cl.O=C1N=CCc2ccccc21. The van der Waals surface area contributed by atoms with Gasteiger partial charge in [-0.2, -0.15) is 0 Å². The van der Waals surface area contributed by atoms with Crippen LogP contribution in [-0.4, -0.2) is 12.1 Å². The van der Waals surface area contributed by atoms with E-state index in [0.717, 1.165) is 17.5 Å². The number of nitrogens with zero attached hydrogens (tertiary/aromatic N) is 1. The van der Waals surface area contributed by atoms with Crippen LogP contribution in [0.15, 0.2) is 29.3 Å².